The molecule has 2 aromatic carbocycles. The van der Waals surface area contributed by atoms with Crippen molar-refractivity contribution in [3.8, 4) is 0 Å². The first-order valence-corrected chi connectivity index (χ1v) is 14.4. The van der Waals surface area contributed by atoms with Crippen LogP contribution >= 0.6 is 0 Å². The highest BCUT2D eigenvalue weighted by molar-refractivity contribution is 7.90. The Morgan fingerprint density at radius 2 is 1.72 bits per heavy atom. The van der Waals surface area contributed by atoms with Gasteiger partial charge < -0.3 is 4.57 Å². The standard InChI is InChI=1S/C29H31N5O4S/c1-4-10-22(17-26(35)31-39(37,38)27-15-7-8-16-30-27)34-24-13-6-5-12-23(24)33(29(34)36)19-21-18-32(3)25-14-9-11-20(2)28(21)25/h5-9,11-16,18,22H,4,10,17,19H2,1-3H3,(H,31,35)/t22-/m0/s1. The molecule has 0 spiro atoms. The molecule has 0 fully saturated rings. The molecule has 39 heavy (non-hydrogen) atoms. The highest BCUT2D eigenvalue weighted by atomic mass is 32.2. The van der Waals surface area contributed by atoms with Crippen LogP contribution in [-0.2, 0) is 28.4 Å². The number of rotatable bonds is 9. The molecule has 3 heterocycles. The van der Waals surface area contributed by atoms with Crippen molar-refractivity contribution in [2.45, 2.75) is 50.7 Å². The number of nitrogens with one attached hydrogen (secondary N) is 1. The summed E-state index contributed by atoms with van der Waals surface area (Å²) in [5, 5.41) is 0.887. The predicted octanol–water partition coefficient (Wildman–Crippen LogP) is 4.28. The SMILES string of the molecule is CCC[C@@H](CC(=O)NS(=O)(=O)c1ccccn1)n1c(=O)n(Cc2cn(C)c3cccc(C)c23)c2ccccc21. The van der Waals surface area contributed by atoms with Crippen molar-refractivity contribution in [3.05, 3.63) is 94.7 Å². The third-order valence-corrected chi connectivity index (χ3v) is 8.36. The third-order valence-electron chi connectivity index (χ3n) is 7.07. The average Bonchev–Trinajstić information content (AvgIpc) is 3.38. The topological polar surface area (TPSA) is 108 Å². The number of carbonyl (C=O) groups excluding carboxylic acids is 1. The lowest BCUT2D eigenvalue weighted by Gasteiger charge is -2.18. The molecule has 9 nitrogen and oxygen atoms in total. The van der Waals surface area contributed by atoms with Gasteiger partial charge in [0.1, 0.15) is 0 Å². The summed E-state index contributed by atoms with van der Waals surface area (Å²) in [6.45, 7) is 4.40. The summed E-state index contributed by atoms with van der Waals surface area (Å²) < 4.78 is 32.9. The fourth-order valence-corrected chi connectivity index (χ4v) is 6.32. The van der Waals surface area contributed by atoms with Gasteiger partial charge in [0, 0.05) is 42.8 Å². The molecule has 3 aromatic heterocycles. The van der Waals surface area contributed by atoms with Gasteiger partial charge in [0.2, 0.25) is 5.91 Å². The van der Waals surface area contributed by atoms with Gasteiger partial charge in [-0.05, 0) is 54.8 Å². The minimum atomic E-state index is -4.12. The highest BCUT2D eigenvalue weighted by Crippen LogP contribution is 2.28. The van der Waals surface area contributed by atoms with E-state index in [-0.39, 0.29) is 17.1 Å². The molecule has 10 heteroatoms. The van der Waals surface area contributed by atoms with Gasteiger partial charge in [-0.1, -0.05) is 43.7 Å². The van der Waals surface area contributed by atoms with E-state index in [1.165, 1.54) is 18.3 Å². The number of sulfonamides is 1. The fraction of sp³-hybridized carbons (Fsp3) is 0.276. The van der Waals surface area contributed by atoms with Crippen LogP contribution in [0.1, 0.15) is 43.4 Å². The molecule has 0 bridgehead atoms. The number of pyridine rings is 1. The van der Waals surface area contributed by atoms with Crippen LogP contribution in [0.15, 0.2) is 82.9 Å². The molecule has 0 aliphatic heterocycles. The Kier molecular flexibility index (Phi) is 7.14. The number of para-hydroxylation sites is 2. The van der Waals surface area contributed by atoms with Gasteiger partial charge in [-0.25, -0.2) is 14.5 Å². The van der Waals surface area contributed by atoms with Crippen molar-refractivity contribution in [1.29, 1.82) is 0 Å². The number of hydrogen-bond acceptors (Lipinski definition) is 5. The lowest BCUT2D eigenvalue weighted by molar-refractivity contribution is -0.120. The molecule has 0 aliphatic carbocycles. The van der Waals surface area contributed by atoms with E-state index in [9.17, 15) is 18.0 Å². The molecule has 0 saturated heterocycles. The van der Waals surface area contributed by atoms with Crippen LogP contribution in [-0.4, -0.2) is 33.0 Å². The minimum absolute atomic E-state index is 0.165. The maximum Gasteiger partial charge on any atom is 0.329 e. The summed E-state index contributed by atoms with van der Waals surface area (Å²) in [6.07, 6.45) is 4.47. The molecule has 1 atom stereocenters. The van der Waals surface area contributed by atoms with Gasteiger partial charge in [-0.3, -0.25) is 13.9 Å². The molecule has 0 unspecified atom stereocenters. The van der Waals surface area contributed by atoms with Crippen LogP contribution in [0.4, 0.5) is 0 Å². The second-order valence-corrected chi connectivity index (χ2v) is 11.4. The van der Waals surface area contributed by atoms with E-state index < -0.39 is 22.0 Å². The zero-order valence-corrected chi connectivity index (χ0v) is 23.0. The summed E-state index contributed by atoms with van der Waals surface area (Å²) in [4.78, 5) is 30.8. The Morgan fingerprint density at radius 3 is 2.44 bits per heavy atom. The maximum absolute atomic E-state index is 14.0. The summed E-state index contributed by atoms with van der Waals surface area (Å²) in [5.41, 5.74) is 4.49. The van der Waals surface area contributed by atoms with E-state index in [4.69, 9.17) is 0 Å². The summed E-state index contributed by atoms with van der Waals surface area (Å²) in [6, 6.07) is 17.6. The number of benzene rings is 2. The van der Waals surface area contributed by atoms with E-state index in [1.807, 2.05) is 44.3 Å². The molecule has 0 saturated carbocycles. The van der Waals surface area contributed by atoms with E-state index in [1.54, 1.807) is 15.2 Å². The van der Waals surface area contributed by atoms with Crippen LogP contribution in [0.2, 0.25) is 0 Å². The molecular weight excluding hydrogens is 514 g/mol. The fourth-order valence-electron chi connectivity index (χ4n) is 5.38. The normalized spacial score (nSPS) is 12.7. The average molecular weight is 546 g/mol. The van der Waals surface area contributed by atoms with Gasteiger partial charge in [-0.2, -0.15) is 8.42 Å². The Balaban J connectivity index is 1.53. The molecule has 5 aromatic rings. The van der Waals surface area contributed by atoms with Crippen molar-refractivity contribution < 1.29 is 13.2 Å². The van der Waals surface area contributed by atoms with Crippen molar-refractivity contribution in [2.24, 2.45) is 7.05 Å². The highest BCUT2D eigenvalue weighted by Gasteiger charge is 2.26. The number of aryl methyl sites for hydroxylation is 2. The van der Waals surface area contributed by atoms with Crippen molar-refractivity contribution in [2.75, 3.05) is 0 Å². The smallest absolute Gasteiger partial charge is 0.329 e. The van der Waals surface area contributed by atoms with Gasteiger partial charge in [0.15, 0.2) is 5.03 Å². The first-order chi connectivity index (χ1) is 18.7. The number of amides is 1. The van der Waals surface area contributed by atoms with Crippen molar-refractivity contribution >= 4 is 37.9 Å². The van der Waals surface area contributed by atoms with Gasteiger partial charge in [-0.15, -0.1) is 0 Å². The van der Waals surface area contributed by atoms with E-state index in [2.05, 4.69) is 39.5 Å². The maximum atomic E-state index is 14.0. The molecule has 1 N–H and O–H groups in total. The first kappa shape index (κ1) is 26.4. The number of hydrogen-bond donors (Lipinski definition) is 1. The molecule has 0 radical (unpaired) electrons. The Bertz CT molecular complexity index is 1830. The first-order valence-electron chi connectivity index (χ1n) is 12.9. The zero-order chi connectivity index (χ0) is 27.7. The number of nitrogens with zero attached hydrogens (tertiary/aromatic N) is 4. The second kappa shape index (κ2) is 10.5. The third kappa shape index (κ3) is 4.99. The van der Waals surface area contributed by atoms with Crippen molar-refractivity contribution in [3.63, 3.8) is 0 Å². The minimum Gasteiger partial charge on any atom is -0.350 e. The van der Waals surface area contributed by atoms with Gasteiger partial charge >= 0.3 is 5.69 Å². The lowest BCUT2D eigenvalue weighted by atomic mass is 10.1. The molecular formula is C29H31N5O4S. The lowest BCUT2D eigenvalue weighted by Crippen LogP contribution is -2.35. The molecule has 5 rings (SSSR count). The molecule has 1 amide bonds. The Labute approximate surface area is 226 Å². The summed E-state index contributed by atoms with van der Waals surface area (Å²) in [7, 11) is -2.13. The summed E-state index contributed by atoms with van der Waals surface area (Å²) in [5.74, 6) is -0.687. The van der Waals surface area contributed by atoms with Crippen LogP contribution in [0.25, 0.3) is 21.9 Å². The monoisotopic (exact) mass is 545 g/mol. The van der Waals surface area contributed by atoms with Crippen LogP contribution in [0.5, 0.6) is 0 Å². The van der Waals surface area contributed by atoms with E-state index >= 15 is 0 Å². The van der Waals surface area contributed by atoms with Crippen molar-refractivity contribution in [1.82, 2.24) is 23.4 Å². The van der Waals surface area contributed by atoms with Crippen LogP contribution in [0, 0.1) is 6.92 Å². The number of aromatic nitrogens is 4. The Hall–Kier alpha value is -4.18. The van der Waals surface area contributed by atoms with Gasteiger partial charge in [0.05, 0.1) is 17.6 Å². The largest absolute Gasteiger partial charge is 0.350 e. The van der Waals surface area contributed by atoms with E-state index in [0.717, 1.165) is 27.5 Å². The van der Waals surface area contributed by atoms with Crippen LogP contribution < -0.4 is 10.4 Å². The van der Waals surface area contributed by atoms with Crippen LogP contribution in [0.3, 0.4) is 0 Å². The summed E-state index contributed by atoms with van der Waals surface area (Å²) >= 11 is 0. The second-order valence-electron chi connectivity index (χ2n) is 9.80. The quantitative estimate of drug-likeness (QED) is 0.297. The predicted molar refractivity (Wildman–Crippen MR) is 151 cm³/mol. The van der Waals surface area contributed by atoms with Gasteiger partial charge in [0.25, 0.3) is 10.0 Å². The molecule has 202 valence electrons. The van der Waals surface area contributed by atoms with E-state index in [0.29, 0.717) is 24.9 Å². The number of fused-ring (bicyclic) bond motifs is 2. The molecule has 0 aliphatic rings. The number of imidazole rings is 1. The zero-order valence-electron chi connectivity index (χ0n) is 22.2. The number of carbonyl (C=O) groups is 1. The Morgan fingerprint density at radius 1 is 1.00 bits per heavy atom.